The summed E-state index contributed by atoms with van der Waals surface area (Å²) in [6, 6.07) is 1.49. The van der Waals surface area contributed by atoms with Crippen LogP contribution in [-0.2, 0) is 14.3 Å². The molecule has 2 heterocycles. The molecule has 0 spiro atoms. The summed E-state index contributed by atoms with van der Waals surface area (Å²) in [6.45, 7) is 9.46. The number of piperidine rings is 1. The van der Waals surface area contributed by atoms with Crippen molar-refractivity contribution < 1.29 is 23.8 Å². The molecule has 0 aromatic carbocycles. The van der Waals surface area contributed by atoms with Crippen LogP contribution in [0.3, 0.4) is 0 Å². The molecule has 1 aliphatic rings. The van der Waals surface area contributed by atoms with Gasteiger partial charge in [0.05, 0.1) is 13.7 Å². The number of rotatable bonds is 7. The normalized spacial score (nSPS) is 15.2. The number of esters is 2. The van der Waals surface area contributed by atoms with E-state index < -0.39 is 11.6 Å². The summed E-state index contributed by atoms with van der Waals surface area (Å²) < 4.78 is 15.6. The van der Waals surface area contributed by atoms with E-state index in [9.17, 15) is 9.59 Å². The lowest BCUT2D eigenvalue weighted by Crippen LogP contribution is -2.35. The molecule has 0 radical (unpaired) electrons. The number of nitrogens with zero attached hydrogens (tertiary/aromatic N) is 3. The van der Waals surface area contributed by atoms with Gasteiger partial charge in [0.2, 0.25) is 11.8 Å². The predicted molar refractivity (Wildman–Crippen MR) is 105 cm³/mol. The van der Waals surface area contributed by atoms with Crippen LogP contribution in [0.15, 0.2) is 6.07 Å². The molecule has 0 amide bonds. The first-order chi connectivity index (χ1) is 13.2. The van der Waals surface area contributed by atoms with E-state index in [1.807, 2.05) is 32.6 Å². The molecule has 1 fully saturated rings. The highest BCUT2D eigenvalue weighted by Gasteiger charge is 2.24. The number of aromatic nitrogens is 2. The zero-order valence-corrected chi connectivity index (χ0v) is 17.5. The first-order valence-corrected chi connectivity index (χ1v) is 9.78. The van der Waals surface area contributed by atoms with Crippen LogP contribution in [0.25, 0.3) is 0 Å². The SMILES string of the molecule is CCOc1cc(C(=O)OC)nc(N2CCC(CCC(=O)OC(C)(C)C)CC2)n1. The summed E-state index contributed by atoms with van der Waals surface area (Å²) in [5.74, 6) is 0.623. The van der Waals surface area contributed by atoms with Gasteiger partial charge in [0, 0.05) is 25.6 Å². The van der Waals surface area contributed by atoms with Crippen LogP contribution in [0.2, 0.25) is 0 Å². The Labute approximate surface area is 166 Å². The van der Waals surface area contributed by atoms with Crippen molar-refractivity contribution in [2.75, 3.05) is 31.7 Å². The van der Waals surface area contributed by atoms with Crippen LogP contribution in [0, 0.1) is 5.92 Å². The highest BCUT2D eigenvalue weighted by molar-refractivity contribution is 5.87. The Kier molecular flexibility index (Phi) is 7.60. The molecular weight excluding hydrogens is 362 g/mol. The first-order valence-electron chi connectivity index (χ1n) is 9.78. The maximum Gasteiger partial charge on any atom is 0.357 e. The second-order valence-corrected chi connectivity index (χ2v) is 7.87. The summed E-state index contributed by atoms with van der Waals surface area (Å²) in [5.41, 5.74) is -0.260. The topological polar surface area (TPSA) is 90.9 Å². The molecule has 0 atom stereocenters. The lowest BCUT2D eigenvalue weighted by molar-refractivity contribution is -0.155. The quantitative estimate of drug-likeness (QED) is 0.653. The zero-order valence-electron chi connectivity index (χ0n) is 17.5. The molecule has 1 aliphatic heterocycles. The van der Waals surface area contributed by atoms with Crippen molar-refractivity contribution in [2.45, 2.75) is 59.0 Å². The fourth-order valence-corrected chi connectivity index (χ4v) is 3.12. The van der Waals surface area contributed by atoms with E-state index in [1.165, 1.54) is 13.2 Å². The third-order valence-corrected chi connectivity index (χ3v) is 4.45. The molecule has 1 saturated heterocycles. The van der Waals surface area contributed by atoms with Gasteiger partial charge in [-0.15, -0.1) is 0 Å². The van der Waals surface area contributed by atoms with Crippen molar-refractivity contribution in [1.82, 2.24) is 9.97 Å². The largest absolute Gasteiger partial charge is 0.478 e. The van der Waals surface area contributed by atoms with E-state index in [0.29, 0.717) is 30.8 Å². The van der Waals surface area contributed by atoms with Gasteiger partial charge in [0.15, 0.2) is 5.69 Å². The van der Waals surface area contributed by atoms with Crippen molar-refractivity contribution in [2.24, 2.45) is 5.92 Å². The van der Waals surface area contributed by atoms with Crippen molar-refractivity contribution in [3.05, 3.63) is 11.8 Å². The van der Waals surface area contributed by atoms with Gasteiger partial charge in [-0.05, 0) is 52.9 Å². The average molecular weight is 393 g/mol. The number of anilines is 1. The molecule has 156 valence electrons. The van der Waals surface area contributed by atoms with Crippen LogP contribution < -0.4 is 9.64 Å². The minimum absolute atomic E-state index is 0.148. The third-order valence-electron chi connectivity index (χ3n) is 4.45. The molecule has 0 N–H and O–H groups in total. The Bertz CT molecular complexity index is 679. The Morgan fingerprint density at radius 3 is 2.46 bits per heavy atom. The highest BCUT2D eigenvalue weighted by Crippen LogP contribution is 2.26. The molecule has 0 unspecified atom stereocenters. The predicted octanol–water partition coefficient (Wildman–Crippen LogP) is 3.00. The highest BCUT2D eigenvalue weighted by atomic mass is 16.6. The minimum Gasteiger partial charge on any atom is -0.478 e. The van der Waals surface area contributed by atoms with Crippen LogP contribution in [0.4, 0.5) is 5.95 Å². The van der Waals surface area contributed by atoms with Gasteiger partial charge in [0.1, 0.15) is 5.60 Å². The fraction of sp³-hybridized carbons (Fsp3) is 0.700. The first kappa shape index (κ1) is 21.9. The van der Waals surface area contributed by atoms with Crippen molar-refractivity contribution >= 4 is 17.9 Å². The monoisotopic (exact) mass is 393 g/mol. The van der Waals surface area contributed by atoms with E-state index in [2.05, 4.69) is 9.97 Å². The summed E-state index contributed by atoms with van der Waals surface area (Å²) in [7, 11) is 1.32. The standard InChI is InChI=1S/C20H31N3O5/c1-6-27-16-13-15(18(25)26-5)21-19(22-16)23-11-9-14(10-12-23)7-8-17(24)28-20(2,3)4/h13-14H,6-12H2,1-5H3. The molecule has 0 bridgehead atoms. The van der Waals surface area contributed by atoms with Crippen LogP contribution in [0.1, 0.15) is 63.9 Å². The van der Waals surface area contributed by atoms with Gasteiger partial charge in [0.25, 0.3) is 0 Å². The number of hydrogen-bond acceptors (Lipinski definition) is 8. The Balaban J connectivity index is 1.94. The Hall–Kier alpha value is -2.38. The Morgan fingerprint density at radius 2 is 1.89 bits per heavy atom. The van der Waals surface area contributed by atoms with Gasteiger partial charge in [-0.25, -0.2) is 9.78 Å². The van der Waals surface area contributed by atoms with Crippen molar-refractivity contribution in [3.8, 4) is 5.88 Å². The maximum absolute atomic E-state index is 11.9. The Morgan fingerprint density at radius 1 is 1.21 bits per heavy atom. The van der Waals surface area contributed by atoms with E-state index in [-0.39, 0.29) is 11.7 Å². The average Bonchev–Trinajstić information content (AvgIpc) is 2.65. The number of carbonyl (C=O) groups is 2. The van der Waals surface area contributed by atoms with Crippen LogP contribution in [0.5, 0.6) is 5.88 Å². The van der Waals surface area contributed by atoms with Gasteiger partial charge < -0.3 is 19.1 Å². The molecule has 2 rings (SSSR count). The second kappa shape index (κ2) is 9.71. The fourth-order valence-electron chi connectivity index (χ4n) is 3.12. The summed E-state index contributed by atoms with van der Waals surface area (Å²) in [5, 5.41) is 0. The number of carbonyl (C=O) groups excluding carboxylic acids is 2. The van der Waals surface area contributed by atoms with E-state index >= 15 is 0 Å². The number of hydrogen-bond donors (Lipinski definition) is 0. The molecular formula is C20H31N3O5. The van der Waals surface area contributed by atoms with E-state index in [1.54, 1.807) is 0 Å². The van der Waals surface area contributed by atoms with E-state index in [0.717, 1.165) is 32.4 Å². The van der Waals surface area contributed by atoms with E-state index in [4.69, 9.17) is 14.2 Å². The molecule has 0 aliphatic carbocycles. The third kappa shape index (κ3) is 6.65. The van der Waals surface area contributed by atoms with Crippen molar-refractivity contribution in [1.29, 1.82) is 0 Å². The van der Waals surface area contributed by atoms with Gasteiger partial charge in [-0.2, -0.15) is 4.98 Å². The summed E-state index contributed by atoms with van der Waals surface area (Å²) in [4.78, 5) is 34.6. The summed E-state index contributed by atoms with van der Waals surface area (Å²) in [6.07, 6.45) is 3.11. The summed E-state index contributed by atoms with van der Waals surface area (Å²) >= 11 is 0. The van der Waals surface area contributed by atoms with Gasteiger partial charge in [-0.1, -0.05) is 0 Å². The molecule has 0 saturated carbocycles. The van der Waals surface area contributed by atoms with Gasteiger partial charge >= 0.3 is 11.9 Å². The molecule has 28 heavy (non-hydrogen) atoms. The van der Waals surface area contributed by atoms with Crippen LogP contribution >= 0.6 is 0 Å². The lowest BCUT2D eigenvalue weighted by Gasteiger charge is -2.32. The number of methoxy groups -OCH3 is 1. The molecule has 8 heteroatoms. The minimum atomic E-state index is -0.517. The smallest absolute Gasteiger partial charge is 0.357 e. The van der Waals surface area contributed by atoms with Crippen LogP contribution in [-0.4, -0.2) is 54.3 Å². The van der Waals surface area contributed by atoms with Crippen molar-refractivity contribution in [3.63, 3.8) is 0 Å². The lowest BCUT2D eigenvalue weighted by atomic mass is 9.92. The van der Waals surface area contributed by atoms with Gasteiger partial charge in [-0.3, -0.25) is 4.79 Å². The second-order valence-electron chi connectivity index (χ2n) is 7.87. The number of ether oxygens (including phenoxy) is 3. The maximum atomic E-state index is 11.9. The molecule has 1 aromatic rings. The zero-order chi connectivity index (χ0) is 20.7. The molecule has 1 aromatic heterocycles. The molecule has 8 nitrogen and oxygen atoms in total.